The average Bonchev–Trinajstić information content (AvgIpc) is 2.57. The Labute approximate surface area is 119 Å². The minimum absolute atomic E-state index is 0.0239. The Bertz CT molecular complexity index is 688. The molecule has 0 fully saturated rings. The molecule has 6 nitrogen and oxygen atoms in total. The van der Waals surface area contributed by atoms with Crippen LogP contribution in [0.1, 0.15) is 5.56 Å². The third-order valence-corrected chi connectivity index (χ3v) is 3.22. The Hall–Kier alpha value is -1.79. The van der Waals surface area contributed by atoms with Crippen LogP contribution in [0.2, 0.25) is 10.2 Å². The number of carbonyl (C=O) groups excluding carboxylic acids is 1. The smallest absolute Gasteiger partial charge is 0.253 e. The van der Waals surface area contributed by atoms with Crippen LogP contribution < -0.4 is 11.5 Å². The van der Waals surface area contributed by atoms with Crippen molar-refractivity contribution in [1.82, 2.24) is 9.78 Å². The predicted molar refractivity (Wildman–Crippen MR) is 75.3 cm³/mol. The Morgan fingerprint density at radius 3 is 2.74 bits per heavy atom. The van der Waals surface area contributed by atoms with Crippen LogP contribution in [0.5, 0.6) is 0 Å². The lowest BCUT2D eigenvalue weighted by atomic mass is 10.1. The number of aliphatic imine (C=N–C) groups is 1. The van der Waals surface area contributed by atoms with E-state index < -0.39 is 5.91 Å². The molecule has 1 heterocycles. The van der Waals surface area contributed by atoms with E-state index in [0.29, 0.717) is 21.3 Å². The Morgan fingerprint density at radius 1 is 1.42 bits per heavy atom. The summed E-state index contributed by atoms with van der Waals surface area (Å²) in [5.41, 5.74) is 11.6. The standard InChI is InChI=1S/C11H11Cl2N5O/c1-18-9-5(10(13)17-18)2-3-7(12)6(9)4-8(19)16-11(14)15/h2-3H,4H2,1H3,(H4,14,15,16,19). The van der Waals surface area contributed by atoms with Crippen molar-refractivity contribution < 1.29 is 4.79 Å². The van der Waals surface area contributed by atoms with Crippen LogP contribution in [-0.2, 0) is 18.3 Å². The molecule has 2 rings (SSSR count). The van der Waals surface area contributed by atoms with Crippen molar-refractivity contribution in [2.75, 3.05) is 0 Å². The molecule has 0 saturated carbocycles. The number of amides is 1. The minimum Gasteiger partial charge on any atom is -0.370 e. The monoisotopic (exact) mass is 299 g/mol. The zero-order valence-corrected chi connectivity index (χ0v) is 11.5. The van der Waals surface area contributed by atoms with Crippen LogP contribution in [0.15, 0.2) is 17.1 Å². The van der Waals surface area contributed by atoms with Gasteiger partial charge in [-0.1, -0.05) is 23.2 Å². The maximum atomic E-state index is 11.7. The molecule has 0 spiro atoms. The van der Waals surface area contributed by atoms with E-state index in [1.54, 1.807) is 23.9 Å². The van der Waals surface area contributed by atoms with E-state index in [1.165, 1.54) is 0 Å². The number of aryl methyl sites for hydroxylation is 1. The zero-order valence-electron chi connectivity index (χ0n) is 10.0. The molecule has 4 N–H and O–H groups in total. The van der Waals surface area contributed by atoms with Crippen molar-refractivity contribution >= 4 is 46.0 Å². The number of aromatic nitrogens is 2. The lowest BCUT2D eigenvalue weighted by Crippen LogP contribution is -2.24. The molecule has 100 valence electrons. The van der Waals surface area contributed by atoms with Crippen molar-refractivity contribution in [3.05, 3.63) is 27.9 Å². The van der Waals surface area contributed by atoms with Gasteiger partial charge in [-0.3, -0.25) is 9.48 Å². The van der Waals surface area contributed by atoms with Gasteiger partial charge in [0.1, 0.15) is 0 Å². The molecule has 1 aromatic carbocycles. The van der Waals surface area contributed by atoms with E-state index in [1.807, 2.05) is 0 Å². The molecule has 0 bridgehead atoms. The largest absolute Gasteiger partial charge is 0.370 e. The summed E-state index contributed by atoms with van der Waals surface area (Å²) >= 11 is 12.1. The number of nitrogens with zero attached hydrogens (tertiary/aromatic N) is 3. The topological polar surface area (TPSA) is 99.3 Å². The summed E-state index contributed by atoms with van der Waals surface area (Å²) in [5, 5.41) is 5.60. The Balaban J connectivity index is 2.56. The number of benzene rings is 1. The van der Waals surface area contributed by atoms with Gasteiger partial charge in [0.25, 0.3) is 5.91 Å². The van der Waals surface area contributed by atoms with Crippen LogP contribution in [0.4, 0.5) is 0 Å². The number of fused-ring (bicyclic) bond motifs is 1. The number of rotatable bonds is 2. The summed E-state index contributed by atoms with van der Waals surface area (Å²) in [6.07, 6.45) is -0.0239. The summed E-state index contributed by atoms with van der Waals surface area (Å²) in [6.45, 7) is 0. The number of nitrogens with two attached hydrogens (primary N) is 2. The molecule has 0 saturated heterocycles. The molecule has 0 atom stereocenters. The highest BCUT2D eigenvalue weighted by molar-refractivity contribution is 6.36. The maximum absolute atomic E-state index is 11.7. The normalized spacial score (nSPS) is 10.7. The molecular weight excluding hydrogens is 289 g/mol. The molecular formula is C11H11Cl2N5O. The van der Waals surface area contributed by atoms with Gasteiger partial charge in [0.2, 0.25) is 0 Å². The summed E-state index contributed by atoms with van der Waals surface area (Å²) in [4.78, 5) is 15.1. The van der Waals surface area contributed by atoms with Crippen LogP contribution in [0.3, 0.4) is 0 Å². The lowest BCUT2D eigenvalue weighted by molar-refractivity contribution is -0.117. The van der Waals surface area contributed by atoms with Gasteiger partial charge < -0.3 is 11.5 Å². The van der Waals surface area contributed by atoms with Gasteiger partial charge in [0, 0.05) is 23.0 Å². The number of hydrogen-bond acceptors (Lipinski definition) is 2. The SMILES string of the molecule is Cn1nc(Cl)c2ccc(Cl)c(CC(=O)N=C(N)N)c21. The van der Waals surface area contributed by atoms with Crippen molar-refractivity contribution in [2.24, 2.45) is 23.5 Å². The van der Waals surface area contributed by atoms with Crippen LogP contribution >= 0.6 is 23.2 Å². The molecule has 19 heavy (non-hydrogen) atoms. The van der Waals surface area contributed by atoms with Crippen molar-refractivity contribution in [3.8, 4) is 0 Å². The van der Waals surface area contributed by atoms with Gasteiger partial charge in [-0.15, -0.1) is 0 Å². The fourth-order valence-corrected chi connectivity index (χ4v) is 2.37. The third-order valence-electron chi connectivity index (χ3n) is 2.59. The quantitative estimate of drug-likeness (QED) is 0.643. The number of carbonyl (C=O) groups is 1. The molecule has 0 aliphatic rings. The maximum Gasteiger partial charge on any atom is 0.253 e. The summed E-state index contributed by atoms with van der Waals surface area (Å²) in [6, 6.07) is 3.41. The zero-order chi connectivity index (χ0) is 14.2. The van der Waals surface area contributed by atoms with Gasteiger partial charge in [-0.2, -0.15) is 10.1 Å². The molecule has 0 aliphatic carbocycles. The van der Waals surface area contributed by atoms with E-state index in [-0.39, 0.29) is 12.4 Å². The molecule has 0 aliphatic heterocycles. The highest BCUT2D eigenvalue weighted by atomic mass is 35.5. The summed E-state index contributed by atoms with van der Waals surface area (Å²) < 4.78 is 1.57. The van der Waals surface area contributed by atoms with E-state index in [0.717, 1.165) is 5.39 Å². The second-order valence-electron chi connectivity index (χ2n) is 3.94. The first-order chi connectivity index (χ1) is 8.90. The highest BCUT2D eigenvalue weighted by Gasteiger charge is 2.16. The third kappa shape index (κ3) is 2.64. The number of guanidine groups is 1. The van der Waals surface area contributed by atoms with E-state index in [4.69, 9.17) is 34.7 Å². The predicted octanol–water partition coefficient (Wildman–Crippen LogP) is 1.22. The van der Waals surface area contributed by atoms with E-state index in [9.17, 15) is 4.79 Å². The molecule has 1 aromatic heterocycles. The van der Waals surface area contributed by atoms with Crippen LogP contribution in [0.25, 0.3) is 10.9 Å². The molecule has 0 radical (unpaired) electrons. The fourth-order valence-electron chi connectivity index (χ4n) is 1.89. The van der Waals surface area contributed by atoms with Crippen molar-refractivity contribution in [2.45, 2.75) is 6.42 Å². The highest BCUT2D eigenvalue weighted by Crippen LogP contribution is 2.30. The van der Waals surface area contributed by atoms with Crippen LogP contribution in [0, 0.1) is 0 Å². The second-order valence-corrected chi connectivity index (χ2v) is 4.71. The first-order valence-electron chi connectivity index (χ1n) is 5.32. The minimum atomic E-state index is -0.480. The van der Waals surface area contributed by atoms with Gasteiger partial charge in [-0.25, -0.2) is 0 Å². The first kappa shape index (κ1) is 13.6. The van der Waals surface area contributed by atoms with Crippen molar-refractivity contribution in [1.29, 1.82) is 0 Å². The Kier molecular flexibility index (Phi) is 3.64. The summed E-state index contributed by atoms with van der Waals surface area (Å²) in [7, 11) is 1.72. The van der Waals surface area contributed by atoms with Crippen molar-refractivity contribution in [3.63, 3.8) is 0 Å². The first-order valence-corrected chi connectivity index (χ1v) is 6.07. The summed E-state index contributed by atoms with van der Waals surface area (Å²) in [5.74, 6) is -0.761. The van der Waals surface area contributed by atoms with Gasteiger partial charge in [0.05, 0.1) is 11.9 Å². The van der Waals surface area contributed by atoms with E-state index in [2.05, 4.69) is 10.1 Å². The molecule has 1 amide bonds. The number of hydrogen-bond donors (Lipinski definition) is 2. The molecule has 2 aromatic rings. The van der Waals surface area contributed by atoms with Gasteiger partial charge >= 0.3 is 0 Å². The second kappa shape index (κ2) is 5.07. The number of halogens is 2. The molecule has 8 heteroatoms. The lowest BCUT2D eigenvalue weighted by Gasteiger charge is -2.05. The molecule has 0 unspecified atom stereocenters. The Morgan fingerprint density at radius 2 is 2.11 bits per heavy atom. The van der Waals surface area contributed by atoms with Gasteiger partial charge in [0.15, 0.2) is 11.1 Å². The average molecular weight is 300 g/mol. The van der Waals surface area contributed by atoms with Gasteiger partial charge in [-0.05, 0) is 12.1 Å². The fraction of sp³-hybridized carbons (Fsp3) is 0.182. The van der Waals surface area contributed by atoms with E-state index >= 15 is 0 Å². The van der Waals surface area contributed by atoms with Crippen LogP contribution in [-0.4, -0.2) is 21.6 Å².